The highest BCUT2D eigenvalue weighted by Crippen LogP contribution is 2.28. The largest absolute Gasteiger partial charge is 0.265 e. The molecule has 3 heteroatoms. The van der Waals surface area contributed by atoms with Crippen molar-refractivity contribution in [1.29, 1.82) is 0 Å². The van der Waals surface area contributed by atoms with Crippen molar-refractivity contribution in [3.8, 4) is 0 Å². The second-order valence-electron chi connectivity index (χ2n) is 4.65. The Balaban J connectivity index is 1.90. The third-order valence-electron chi connectivity index (χ3n) is 3.46. The van der Waals surface area contributed by atoms with Crippen LogP contribution in [0, 0.1) is 0 Å². The molecule has 0 atom stereocenters. The Morgan fingerprint density at radius 1 is 0.933 bits per heavy atom. The van der Waals surface area contributed by atoms with Crippen LogP contribution in [-0.2, 0) is 0 Å². The molecular formula is C12H21N3. The lowest BCUT2D eigenvalue weighted by molar-refractivity contribution is 0.457. The minimum absolute atomic E-state index is 0.654. The molecule has 0 aromatic carbocycles. The predicted molar refractivity (Wildman–Crippen MR) is 60.7 cm³/mol. The van der Waals surface area contributed by atoms with Gasteiger partial charge < -0.3 is 0 Å². The molecule has 1 aromatic heterocycles. The molecule has 1 heterocycles. The monoisotopic (exact) mass is 207 g/mol. The van der Waals surface area contributed by atoms with Crippen molar-refractivity contribution in [3.05, 3.63) is 11.9 Å². The summed E-state index contributed by atoms with van der Waals surface area (Å²) < 4.78 is 0. The van der Waals surface area contributed by atoms with Gasteiger partial charge in [-0.05, 0) is 12.8 Å². The third-order valence-corrected chi connectivity index (χ3v) is 3.46. The molecular weight excluding hydrogens is 186 g/mol. The van der Waals surface area contributed by atoms with Gasteiger partial charge in [-0.25, -0.2) is 0 Å². The Morgan fingerprint density at radius 3 is 2.07 bits per heavy atom. The van der Waals surface area contributed by atoms with E-state index in [1.807, 2.05) is 6.20 Å². The summed E-state index contributed by atoms with van der Waals surface area (Å²) in [5, 5.41) is 10.8. The molecule has 15 heavy (non-hydrogen) atoms. The van der Waals surface area contributed by atoms with Crippen LogP contribution in [0.3, 0.4) is 0 Å². The lowest BCUT2D eigenvalue weighted by Gasteiger charge is -2.15. The van der Waals surface area contributed by atoms with Crippen LogP contribution >= 0.6 is 0 Å². The Morgan fingerprint density at radius 2 is 1.53 bits per heavy atom. The van der Waals surface area contributed by atoms with Crippen LogP contribution < -0.4 is 0 Å². The average Bonchev–Trinajstić information content (AvgIpc) is 2.79. The number of hydrogen-bond donors (Lipinski definition) is 1. The summed E-state index contributed by atoms with van der Waals surface area (Å²) in [5.41, 5.74) is 1.18. The Bertz CT molecular complexity index is 246. The lowest BCUT2D eigenvalue weighted by atomic mass is 9.90. The fourth-order valence-electron chi connectivity index (χ4n) is 2.52. The summed E-state index contributed by atoms with van der Waals surface area (Å²) in [5.74, 6) is 0.654. The van der Waals surface area contributed by atoms with Crippen LogP contribution in [0.2, 0.25) is 0 Å². The summed E-state index contributed by atoms with van der Waals surface area (Å²) in [7, 11) is 0. The summed E-state index contributed by atoms with van der Waals surface area (Å²) in [4.78, 5) is 0. The first-order valence-corrected chi connectivity index (χ1v) is 6.33. The third kappa shape index (κ3) is 3.33. The van der Waals surface area contributed by atoms with E-state index in [1.165, 1.54) is 63.5 Å². The smallest absolute Gasteiger partial charge is 0.0855 e. The maximum absolute atomic E-state index is 4.16. The number of aromatic nitrogens is 3. The molecule has 0 saturated heterocycles. The van der Waals surface area contributed by atoms with E-state index in [-0.39, 0.29) is 0 Å². The fraction of sp³-hybridized carbons (Fsp3) is 0.833. The standard InChI is InChI=1S/C12H21N3/c1-2-4-6-8-11(9-7-5-3-1)12-10-13-15-14-12/h10-11H,1-9H2,(H,13,14,15). The number of aromatic amines is 1. The molecule has 1 saturated carbocycles. The number of nitrogens with zero attached hydrogens (tertiary/aromatic N) is 2. The first-order valence-electron chi connectivity index (χ1n) is 6.33. The Kier molecular flexibility index (Phi) is 4.18. The second-order valence-corrected chi connectivity index (χ2v) is 4.65. The number of nitrogens with one attached hydrogen (secondary N) is 1. The summed E-state index contributed by atoms with van der Waals surface area (Å²) in [6.07, 6.45) is 14.4. The van der Waals surface area contributed by atoms with Crippen molar-refractivity contribution in [2.75, 3.05) is 0 Å². The van der Waals surface area contributed by atoms with Crippen molar-refractivity contribution in [2.45, 2.75) is 63.7 Å². The number of H-pyrrole nitrogens is 1. The number of hydrogen-bond acceptors (Lipinski definition) is 2. The topological polar surface area (TPSA) is 41.6 Å². The highest BCUT2D eigenvalue weighted by molar-refractivity contribution is 5.00. The summed E-state index contributed by atoms with van der Waals surface area (Å²) in [6, 6.07) is 0. The summed E-state index contributed by atoms with van der Waals surface area (Å²) >= 11 is 0. The van der Waals surface area contributed by atoms with E-state index in [9.17, 15) is 0 Å². The lowest BCUT2D eigenvalue weighted by Crippen LogP contribution is -2.01. The van der Waals surface area contributed by atoms with E-state index in [1.54, 1.807) is 0 Å². The van der Waals surface area contributed by atoms with Gasteiger partial charge in [-0.1, -0.05) is 50.2 Å². The van der Waals surface area contributed by atoms with Crippen LogP contribution in [0.4, 0.5) is 0 Å². The van der Waals surface area contributed by atoms with E-state index in [0.29, 0.717) is 5.92 Å². The van der Waals surface area contributed by atoms with E-state index >= 15 is 0 Å². The molecule has 0 radical (unpaired) electrons. The van der Waals surface area contributed by atoms with Crippen LogP contribution in [0.5, 0.6) is 0 Å². The molecule has 1 fully saturated rings. The molecule has 1 N–H and O–H groups in total. The van der Waals surface area contributed by atoms with Gasteiger partial charge in [0.2, 0.25) is 0 Å². The molecule has 0 aliphatic heterocycles. The normalized spacial score (nSPS) is 21.3. The minimum atomic E-state index is 0.654. The van der Waals surface area contributed by atoms with Gasteiger partial charge in [0.05, 0.1) is 5.69 Å². The first kappa shape index (κ1) is 10.7. The summed E-state index contributed by atoms with van der Waals surface area (Å²) in [6.45, 7) is 0. The maximum atomic E-state index is 4.16. The van der Waals surface area contributed by atoms with Gasteiger partial charge in [-0.15, -0.1) is 5.10 Å². The van der Waals surface area contributed by atoms with Crippen LogP contribution in [0.1, 0.15) is 69.4 Å². The highest BCUT2D eigenvalue weighted by atomic mass is 15.3. The molecule has 0 unspecified atom stereocenters. The molecule has 1 aliphatic carbocycles. The van der Waals surface area contributed by atoms with E-state index in [0.717, 1.165) is 0 Å². The number of rotatable bonds is 1. The van der Waals surface area contributed by atoms with E-state index in [2.05, 4.69) is 15.4 Å². The van der Waals surface area contributed by atoms with Crippen LogP contribution in [-0.4, -0.2) is 15.4 Å². The zero-order chi connectivity index (χ0) is 10.3. The van der Waals surface area contributed by atoms with E-state index in [4.69, 9.17) is 0 Å². The van der Waals surface area contributed by atoms with Crippen LogP contribution in [0.15, 0.2) is 6.20 Å². The van der Waals surface area contributed by atoms with Crippen molar-refractivity contribution in [3.63, 3.8) is 0 Å². The molecule has 2 rings (SSSR count). The molecule has 0 amide bonds. The SMILES string of the molecule is c1[nH]nnc1C1CCCCCCCCC1. The van der Waals surface area contributed by atoms with Crippen molar-refractivity contribution < 1.29 is 0 Å². The van der Waals surface area contributed by atoms with Gasteiger partial charge in [0.15, 0.2) is 0 Å². The van der Waals surface area contributed by atoms with Gasteiger partial charge in [-0.2, -0.15) is 0 Å². The van der Waals surface area contributed by atoms with Crippen LogP contribution in [0.25, 0.3) is 0 Å². The zero-order valence-electron chi connectivity index (χ0n) is 9.41. The second kappa shape index (κ2) is 5.89. The van der Waals surface area contributed by atoms with Gasteiger partial charge in [0.1, 0.15) is 0 Å². The zero-order valence-corrected chi connectivity index (χ0v) is 9.41. The minimum Gasteiger partial charge on any atom is -0.265 e. The van der Waals surface area contributed by atoms with Gasteiger partial charge in [-0.3, -0.25) is 5.10 Å². The van der Waals surface area contributed by atoms with Crippen molar-refractivity contribution in [2.24, 2.45) is 0 Å². The quantitative estimate of drug-likeness (QED) is 0.766. The molecule has 1 aliphatic rings. The molecule has 0 bridgehead atoms. The maximum Gasteiger partial charge on any atom is 0.0855 e. The molecule has 1 aromatic rings. The van der Waals surface area contributed by atoms with Gasteiger partial charge >= 0.3 is 0 Å². The highest BCUT2D eigenvalue weighted by Gasteiger charge is 2.14. The van der Waals surface area contributed by atoms with Crippen molar-refractivity contribution in [1.82, 2.24) is 15.4 Å². The Hall–Kier alpha value is -0.860. The van der Waals surface area contributed by atoms with Gasteiger partial charge in [0.25, 0.3) is 0 Å². The molecule has 84 valence electrons. The van der Waals surface area contributed by atoms with Gasteiger partial charge in [0, 0.05) is 12.1 Å². The Labute approximate surface area is 91.7 Å². The first-order chi connectivity index (χ1) is 7.47. The predicted octanol–water partition coefficient (Wildman–Crippen LogP) is 3.41. The molecule has 3 nitrogen and oxygen atoms in total. The average molecular weight is 207 g/mol. The molecule has 0 spiro atoms. The van der Waals surface area contributed by atoms with Crippen molar-refractivity contribution >= 4 is 0 Å². The fourth-order valence-corrected chi connectivity index (χ4v) is 2.52. The van der Waals surface area contributed by atoms with E-state index < -0.39 is 0 Å².